The SMILES string of the molecule is COC(=O)c1ccc(C2CC(O)CCO2)cc1. The molecule has 0 saturated carbocycles. The highest BCUT2D eigenvalue weighted by Gasteiger charge is 2.22. The Morgan fingerprint density at radius 2 is 2.12 bits per heavy atom. The molecule has 0 spiro atoms. The summed E-state index contributed by atoms with van der Waals surface area (Å²) in [5, 5.41) is 9.57. The number of rotatable bonds is 2. The average molecular weight is 236 g/mol. The lowest BCUT2D eigenvalue weighted by Gasteiger charge is -2.26. The van der Waals surface area contributed by atoms with Crippen molar-refractivity contribution in [1.82, 2.24) is 0 Å². The van der Waals surface area contributed by atoms with Crippen molar-refractivity contribution in [3.8, 4) is 0 Å². The van der Waals surface area contributed by atoms with Gasteiger partial charge in [-0.25, -0.2) is 4.79 Å². The monoisotopic (exact) mass is 236 g/mol. The van der Waals surface area contributed by atoms with Crippen molar-refractivity contribution >= 4 is 5.97 Å². The van der Waals surface area contributed by atoms with Gasteiger partial charge in [0.05, 0.1) is 24.9 Å². The summed E-state index contributed by atoms with van der Waals surface area (Å²) >= 11 is 0. The lowest BCUT2D eigenvalue weighted by Crippen LogP contribution is -2.23. The second kappa shape index (κ2) is 5.29. The van der Waals surface area contributed by atoms with Gasteiger partial charge in [-0.2, -0.15) is 0 Å². The number of carbonyl (C=O) groups excluding carboxylic acids is 1. The van der Waals surface area contributed by atoms with Crippen LogP contribution in [0.5, 0.6) is 0 Å². The quantitative estimate of drug-likeness (QED) is 0.794. The zero-order chi connectivity index (χ0) is 12.3. The third kappa shape index (κ3) is 2.84. The summed E-state index contributed by atoms with van der Waals surface area (Å²) in [4.78, 5) is 11.3. The van der Waals surface area contributed by atoms with Gasteiger partial charge in [-0.3, -0.25) is 0 Å². The van der Waals surface area contributed by atoms with Crippen LogP contribution in [0.4, 0.5) is 0 Å². The minimum Gasteiger partial charge on any atom is -0.465 e. The molecule has 1 saturated heterocycles. The molecule has 2 rings (SSSR count). The summed E-state index contributed by atoms with van der Waals surface area (Å²) in [5.74, 6) is -0.346. The maximum absolute atomic E-state index is 11.3. The minimum atomic E-state index is -0.346. The van der Waals surface area contributed by atoms with Gasteiger partial charge in [0.1, 0.15) is 0 Å². The molecule has 2 atom stereocenters. The predicted octanol–water partition coefficient (Wildman–Crippen LogP) is 1.69. The average Bonchev–Trinajstić information content (AvgIpc) is 2.38. The van der Waals surface area contributed by atoms with Crippen molar-refractivity contribution in [3.63, 3.8) is 0 Å². The fourth-order valence-electron chi connectivity index (χ4n) is 1.96. The third-order valence-corrected chi connectivity index (χ3v) is 2.96. The Morgan fingerprint density at radius 3 is 2.71 bits per heavy atom. The summed E-state index contributed by atoms with van der Waals surface area (Å²) in [6.45, 7) is 0.574. The number of hydrogen-bond acceptors (Lipinski definition) is 4. The molecule has 0 amide bonds. The van der Waals surface area contributed by atoms with Crippen LogP contribution in [0.25, 0.3) is 0 Å². The normalized spacial score (nSPS) is 24.4. The molecule has 1 aromatic rings. The van der Waals surface area contributed by atoms with Crippen LogP contribution in [-0.2, 0) is 9.47 Å². The van der Waals surface area contributed by atoms with Crippen LogP contribution in [0.1, 0.15) is 34.9 Å². The molecular formula is C13H16O4. The highest BCUT2D eigenvalue weighted by Crippen LogP contribution is 2.28. The Kier molecular flexibility index (Phi) is 3.76. The van der Waals surface area contributed by atoms with Crippen molar-refractivity contribution in [3.05, 3.63) is 35.4 Å². The summed E-state index contributed by atoms with van der Waals surface area (Å²) < 4.78 is 10.2. The fraction of sp³-hybridized carbons (Fsp3) is 0.462. The van der Waals surface area contributed by atoms with Crippen molar-refractivity contribution in [1.29, 1.82) is 0 Å². The Morgan fingerprint density at radius 1 is 1.41 bits per heavy atom. The highest BCUT2D eigenvalue weighted by molar-refractivity contribution is 5.89. The van der Waals surface area contributed by atoms with Gasteiger partial charge in [0.15, 0.2) is 0 Å². The van der Waals surface area contributed by atoms with E-state index in [9.17, 15) is 9.90 Å². The summed E-state index contributed by atoms with van der Waals surface area (Å²) in [7, 11) is 1.36. The first-order valence-electron chi connectivity index (χ1n) is 5.68. The van der Waals surface area contributed by atoms with Crippen LogP contribution in [0, 0.1) is 0 Å². The van der Waals surface area contributed by atoms with E-state index >= 15 is 0 Å². The Bertz CT molecular complexity index is 385. The minimum absolute atomic E-state index is 0.0783. The maximum Gasteiger partial charge on any atom is 0.337 e. The zero-order valence-corrected chi connectivity index (χ0v) is 9.76. The predicted molar refractivity (Wildman–Crippen MR) is 61.7 cm³/mol. The molecule has 2 unspecified atom stereocenters. The lowest BCUT2D eigenvalue weighted by molar-refractivity contribution is -0.0448. The van der Waals surface area contributed by atoms with Crippen molar-refractivity contribution in [2.24, 2.45) is 0 Å². The van der Waals surface area contributed by atoms with Crippen LogP contribution in [0.3, 0.4) is 0 Å². The molecule has 92 valence electrons. The molecule has 0 radical (unpaired) electrons. The number of carbonyl (C=O) groups is 1. The van der Waals surface area contributed by atoms with Gasteiger partial charge < -0.3 is 14.6 Å². The molecule has 1 N–H and O–H groups in total. The molecular weight excluding hydrogens is 220 g/mol. The van der Waals surface area contributed by atoms with Gasteiger partial charge in [-0.1, -0.05) is 12.1 Å². The maximum atomic E-state index is 11.3. The summed E-state index contributed by atoms with van der Waals surface area (Å²) in [6, 6.07) is 7.11. The number of methoxy groups -OCH3 is 1. The molecule has 1 aromatic carbocycles. The van der Waals surface area contributed by atoms with Crippen molar-refractivity contribution < 1.29 is 19.4 Å². The molecule has 0 aliphatic carbocycles. The Balaban J connectivity index is 2.09. The smallest absolute Gasteiger partial charge is 0.337 e. The molecule has 4 heteroatoms. The van der Waals surface area contributed by atoms with Gasteiger partial charge in [-0.15, -0.1) is 0 Å². The lowest BCUT2D eigenvalue weighted by atomic mass is 9.98. The van der Waals surface area contributed by atoms with Crippen LogP contribution in [-0.4, -0.2) is 30.9 Å². The second-order valence-electron chi connectivity index (χ2n) is 4.15. The number of hydrogen-bond donors (Lipinski definition) is 1. The van der Waals surface area contributed by atoms with Gasteiger partial charge in [0.2, 0.25) is 0 Å². The molecule has 0 bridgehead atoms. The molecule has 17 heavy (non-hydrogen) atoms. The van der Waals surface area contributed by atoms with Crippen molar-refractivity contribution in [2.45, 2.75) is 25.0 Å². The van der Waals surface area contributed by atoms with Crippen LogP contribution in [0.2, 0.25) is 0 Å². The first-order valence-corrected chi connectivity index (χ1v) is 5.68. The summed E-state index contributed by atoms with van der Waals surface area (Å²) in [5.41, 5.74) is 1.50. The summed E-state index contributed by atoms with van der Waals surface area (Å²) in [6.07, 6.45) is 0.924. The van der Waals surface area contributed by atoms with E-state index in [1.807, 2.05) is 12.1 Å². The van der Waals surface area contributed by atoms with Gasteiger partial charge in [0, 0.05) is 13.0 Å². The highest BCUT2D eigenvalue weighted by atomic mass is 16.5. The van der Waals surface area contributed by atoms with E-state index in [4.69, 9.17) is 4.74 Å². The molecule has 1 heterocycles. The number of aliphatic hydroxyl groups is 1. The largest absolute Gasteiger partial charge is 0.465 e. The van der Waals surface area contributed by atoms with Crippen LogP contribution in [0.15, 0.2) is 24.3 Å². The van der Waals surface area contributed by atoms with E-state index in [2.05, 4.69) is 4.74 Å². The number of benzene rings is 1. The van der Waals surface area contributed by atoms with E-state index in [-0.39, 0.29) is 18.2 Å². The zero-order valence-electron chi connectivity index (χ0n) is 9.76. The molecule has 0 aromatic heterocycles. The van der Waals surface area contributed by atoms with Gasteiger partial charge in [-0.05, 0) is 24.1 Å². The first kappa shape index (κ1) is 12.1. The molecule has 4 nitrogen and oxygen atoms in total. The molecule has 1 aliphatic rings. The third-order valence-electron chi connectivity index (χ3n) is 2.96. The van der Waals surface area contributed by atoms with Gasteiger partial charge >= 0.3 is 5.97 Å². The van der Waals surface area contributed by atoms with Crippen LogP contribution < -0.4 is 0 Å². The van der Waals surface area contributed by atoms with E-state index in [1.165, 1.54) is 7.11 Å². The first-order chi connectivity index (χ1) is 8.20. The van der Waals surface area contributed by atoms with E-state index in [1.54, 1.807) is 12.1 Å². The Hall–Kier alpha value is -1.39. The number of esters is 1. The fourth-order valence-corrected chi connectivity index (χ4v) is 1.96. The number of aliphatic hydroxyl groups excluding tert-OH is 1. The Labute approximate surface area is 100 Å². The molecule has 1 fully saturated rings. The van der Waals surface area contributed by atoms with Gasteiger partial charge in [0.25, 0.3) is 0 Å². The van der Waals surface area contributed by atoms with E-state index in [0.29, 0.717) is 25.0 Å². The van der Waals surface area contributed by atoms with E-state index in [0.717, 1.165) is 5.56 Å². The standard InChI is InChI=1S/C13H16O4/c1-16-13(15)10-4-2-9(3-5-10)12-8-11(14)6-7-17-12/h2-5,11-12,14H,6-8H2,1H3. The topological polar surface area (TPSA) is 55.8 Å². The van der Waals surface area contributed by atoms with E-state index < -0.39 is 0 Å². The number of ether oxygens (including phenoxy) is 2. The van der Waals surface area contributed by atoms with Crippen molar-refractivity contribution in [2.75, 3.05) is 13.7 Å². The molecule has 1 aliphatic heterocycles. The van der Waals surface area contributed by atoms with Crippen LogP contribution >= 0.6 is 0 Å². The second-order valence-corrected chi connectivity index (χ2v) is 4.15.